The van der Waals surface area contributed by atoms with Crippen LogP contribution in [0.2, 0.25) is 5.15 Å². The lowest BCUT2D eigenvalue weighted by molar-refractivity contribution is -0.0543. The van der Waals surface area contributed by atoms with Crippen molar-refractivity contribution < 1.29 is 13.9 Å². The molecular formula is C17H16ClF2N5O. The van der Waals surface area contributed by atoms with E-state index >= 15 is 0 Å². The van der Waals surface area contributed by atoms with Crippen molar-refractivity contribution in [1.82, 2.24) is 24.7 Å². The summed E-state index contributed by atoms with van der Waals surface area (Å²) in [5.74, 6) is -1.61. The number of hydrogen-bond donors (Lipinski definition) is 1. The molecule has 0 radical (unpaired) electrons. The first-order valence-corrected chi connectivity index (χ1v) is 8.10. The van der Waals surface area contributed by atoms with Crippen molar-refractivity contribution in [2.75, 3.05) is 0 Å². The Morgan fingerprint density at radius 1 is 1.15 bits per heavy atom. The third-order valence-electron chi connectivity index (χ3n) is 4.54. The van der Waals surface area contributed by atoms with Gasteiger partial charge < -0.3 is 5.11 Å². The number of rotatable bonds is 5. The summed E-state index contributed by atoms with van der Waals surface area (Å²) in [6.45, 7) is 3.24. The molecule has 6 nitrogen and oxygen atoms in total. The van der Waals surface area contributed by atoms with Crippen molar-refractivity contribution in [3.63, 3.8) is 0 Å². The van der Waals surface area contributed by atoms with Gasteiger partial charge in [-0.3, -0.25) is 0 Å². The number of nitrogens with zero attached hydrogens (tertiary/aromatic N) is 5. The minimum atomic E-state index is -1.84. The van der Waals surface area contributed by atoms with Gasteiger partial charge in [-0.1, -0.05) is 31.5 Å². The molecule has 0 amide bonds. The molecule has 9 heteroatoms. The van der Waals surface area contributed by atoms with Crippen LogP contribution in [-0.4, -0.2) is 29.8 Å². The summed E-state index contributed by atoms with van der Waals surface area (Å²) in [6.07, 6.45) is 3.96. The maximum absolute atomic E-state index is 14.6. The summed E-state index contributed by atoms with van der Waals surface area (Å²) in [7, 11) is 0. The maximum Gasteiger partial charge on any atom is 0.137 e. The molecule has 2 aromatic heterocycles. The second kappa shape index (κ2) is 6.69. The van der Waals surface area contributed by atoms with Gasteiger partial charge in [0, 0.05) is 17.0 Å². The lowest BCUT2D eigenvalue weighted by Gasteiger charge is -2.42. The van der Waals surface area contributed by atoms with Crippen LogP contribution in [0.3, 0.4) is 0 Å². The lowest BCUT2D eigenvalue weighted by Crippen LogP contribution is -2.49. The Hall–Kier alpha value is -2.45. The zero-order valence-electron chi connectivity index (χ0n) is 14.1. The van der Waals surface area contributed by atoms with E-state index < -0.39 is 22.7 Å². The second-order valence-electron chi connectivity index (χ2n) is 6.43. The average Bonchev–Trinajstić information content (AvgIpc) is 3.07. The van der Waals surface area contributed by atoms with E-state index in [0.29, 0.717) is 5.69 Å². The number of aromatic nitrogens is 5. The van der Waals surface area contributed by atoms with Crippen LogP contribution >= 0.6 is 11.6 Å². The quantitative estimate of drug-likeness (QED) is 0.690. The van der Waals surface area contributed by atoms with E-state index in [2.05, 4.69) is 20.1 Å². The smallest absolute Gasteiger partial charge is 0.137 e. The van der Waals surface area contributed by atoms with Gasteiger partial charge in [-0.05, 0) is 12.1 Å². The Labute approximate surface area is 153 Å². The number of hydrogen-bond acceptors (Lipinski definition) is 5. The molecule has 26 heavy (non-hydrogen) atoms. The molecule has 0 fully saturated rings. The first-order chi connectivity index (χ1) is 12.2. The molecule has 2 heterocycles. The summed E-state index contributed by atoms with van der Waals surface area (Å²) in [5, 5.41) is 15.8. The summed E-state index contributed by atoms with van der Waals surface area (Å²) in [5.41, 5.74) is -2.67. The van der Waals surface area contributed by atoms with Crippen molar-refractivity contribution in [3.8, 4) is 0 Å². The van der Waals surface area contributed by atoms with E-state index in [4.69, 9.17) is 11.6 Å². The molecule has 1 atom stereocenters. The summed E-state index contributed by atoms with van der Waals surface area (Å²) >= 11 is 5.96. The Kier molecular flexibility index (Phi) is 4.72. The highest BCUT2D eigenvalue weighted by molar-refractivity contribution is 6.29. The highest BCUT2D eigenvalue weighted by Gasteiger charge is 2.49. The standard InChI is InChI=1S/C17H16ClF2N5O/c1-16(2,14-6-15(18)23-9-22-14)17(26,7-25-10-21-8-24-25)12-4-3-11(19)5-13(12)20/h3-6,8-10,26H,7H2,1-2H3. The minimum absolute atomic E-state index is 0.0888. The van der Waals surface area contributed by atoms with Crippen LogP contribution in [0.5, 0.6) is 0 Å². The molecule has 0 bridgehead atoms. The van der Waals surface area contributed by atoms with E-state index in [1.165, 1.54) is 35.8 Å². The summed E-state index contributed by atoms with van der Waals surface area (Å²) in [6, 6.07) is 4.53. The van der Waals surface area contributed by atoms with Crippen LogP contribution in [0.1, 0.15) is 25.1 Å². The molecule has 1 aromatic carbocycles. The van der Waals surface area contributed by atoms with Crippen LogP contribution in [-0.2, 0) is 17.6 Å². The van der Waals surface area contributed by atoms with E-state index in [-0.39, 0.29) is 17.3 Å². The maximum atomic E-state index is 14.6. The van der Waals surface area contributed by atoms with Gasteiger partial charge >= 0.3 is 0 Å². The van der Waals surface area contributed by atoms with Crippen LogP contribution in [0.4, 0.5) is 8.78 Å². The predicted molar refractivity (Wildman–Crippen MR) is 90.3 cm³/mol. The Morgan fingerprint density at radius 2 is 1.92 bits per heavy atom. The molecule has 1 unspecified atom stereocenters. The third-order valence-corrected chi connectivity index (χ3v) is 4.75. The van der Waals surface area contributed by atoms with E-state index in [1.807, 2.05) is 0 Å². The fourth-order valence-electron chi connectivity index (χ4n) is 2.88. The van der Waals surface area contributed by atoms with Crippen molar-refractivity contribution in [3.05, 3.63) is 71.3 Å². The van der Waals surface area contributed by atoms with Crippen molar-refractivity contribution in [1.29, 1.82) is 0 Å². The monoisotopic (exact) mass is 379 g/mol. The molecule has 0 spiro atoms. The van der Waals surface area contributed by atoms with Crippen LogP contribution in [0.15, 0.2) is 43.2 Å². The summed E-state index contributed by atoms with van der Waals surface area (Å²) < 4.78 is 29.4. The van der Waals surface area contributed by atoms with Crippen LogP contribution in [0, 0.1) is 11.6 Å². The molecule has 0 aliphatic heterocycles. The number of benzene rings is 1. The van der Waals surface area contributed by atoms with Gasteiger partial charge in [-0.2, -0.15) is 5.10 Å². The molecule has 3 aromatic rings. The normalized spacial score (nSPS) is 14.2. The van der Waals surface area contributed by atoms with Crippen LogP contribution < -0.4 is 0 Å². The van der Waals surface area contributed by atoms with Gasteiger partial charge in [0.2, 0.25) is 0 Å². The van der Waals surface area contributed by atoms with Gasteiger partial charge in [0.25, 0.3) is 0 Å². The van der Waals surface area contributed by atoms with Gasteiger partial charge in [0.15, 0.2) is 0 Å². The van der Waals surface area contributed by atoms with Crippen molar-refractivity contribution in [2.45, 2.75) is 31.4 Å². The second-order valence-corrected chi connectivity index (χ2v) is 6.82. The van der Waals surface area contributed by atoms with E-state index in [0.717, 1.165) is 12.1 Å². The fraction of sp³-hybridized carbons (Fsp3) is 0.294. The fourth-order valence-corrected chi connectivity index (χ4v) is 3.03. The Balaban J connectivity index is 2.19. The minimum Gasteiger partial charge on any atom is -0.382 e. The van der Waals surface area contributed by atoms with Gasteiger partial charge in [-0.25, -0.2) is 28.4 Å². The zero-order chi connectivity index (χ0) is 18.9. The third kappa shape index (κ3) is 3.17. The SMILES string of the molecule is CC(C)(c1cc(Cl)ncn1)C(O)(Cn1cncn1)c1ccc(F)cc1F. The Bertz CT molecular complexity index is 919. The first-order valence-electron chi connectivity index (χ1n) is 7.72. The number of aliphatic hydroxyl groups is 1. The summed E-state index contributed by atoms with van der Waals surface area (Å²) in [4.78, 5) is 11.9. The van der Waals surface area contributed by atoms with E-state index in [9.17, 15) is 13.9 Å². The highest BCUT2D eigenvalue weighted by atomic mass is 35.5. The molecule has 0 saturated carbocycles. The molecule has 136 valence electrons. The van der Waals surface area contributed by atoms with E-state index in [1.54, 1.807) is 13.8 Å². The topological polar surface area (TPSA) is 76.7 Å². The molecule has 1 N–H and O–H groups in total. The van der Waals surface area contributed by atoms with Gasteiger partial charge in [0.1, 0.15) is 41.4 Å². The zero-order valence-corrected chi connectivity index (χ0v) is 14.8. The molecule has 0 aliphatic rings. The first kappa shape index (κ1) is 18.3. The number of halogens is 3. The van der Waals surface area contributed by atoms with Crippen molar-refractivity contribution >= 4 is 11.6 Å². The Morgan fingerprint density at radius 3 is 2.54 bits per heavy atom. The van der Waals surface area contributed by atoms with Crippen molar-refractivity contribution in [2.24, 2.45) is 0 Å². The molecule has 0 saturated heterocycles. The van der Waals surface area contributed by atoms with Gasteiger partial charge in [0.05, 0.1) is 12.2 Å². The lowest BCUT2D eigenvalue weighted by atomic mass is 9.68. The van der Waals surface area contributed by atoms with Gasteiger partial charge in [-0.15, -0.1) is 0 Å². The largest absolute Gasteiger partial charge is 0.382 e. The molecule has 0 aliphatic carbocycles. The highest BCUT2D eigenvalue weighted by Crippen LogP contribution is 2.44. The molecule has 3 rings (SSSR count). The average molecular weight is 380 g/mol. The predicted octanol–water partition coefficient (Wildman–Crippen LogP) is 2.87. The van der Waals surface area contributed by atoms with Crippen LogP contribution in [0.25, 0.3) is 0 Å². The molecular weight excluding hydrogens is 364 g/mol.